The van der Waals surface area contributed by atoms with Gasteiger partial charge in [0.1, 0.15) is 5.70 Å². The van der Waals surface area contributed by atoms with Gasteiger partial charge in [-0.25, -0.2) is 0 Å². The molecule has 2 amide bonds. The van der Waals surface area contributed by atoms with Gasteiger partial charge in [-0.1, -0.05) is 6.07 Å². The van der Waals surface area contributed by atoms with Crippen LogP contribution >= 0.6 is 0 Å². The summed E-state index contributed by atoms with van der Waals surface area (Å²) in [6.07, 6.45) is 1.66. The van der Waals surface area contributed by atoms with E-state index in [9.17, 15) is 9.59 Å². The van der Waals surface area contributed by atoms with E-state index in [-0.39, 0.29) is 17.5 Å². The molecule has 136 valence electrons. The van der Waals surface area contributed by atoms with Gasteiger partial charge in [-0.05, 0) is 30.8 Å². The van der Waals surface area contributed by atoms with Gasteiger partial charge >= 0.3 is 0 Å². The normalized spacial score (nSPS) is 15.7. The molecule has 2 rings (SSSR count). The molecule has 0 unspecified atom stereocenters. The smallest absolute Gasteiger partial charge is 0.270 e. The van der Waals surface area contributed by atoms with Crippen LogP contribution < -0.4 is 14.8 Å². The quantitative estimate of drug-likeness (QED) is 0.803. The van der Waals surface area contributed by atoms with Crippen molar-refractivity contribution in [3.05, 3.63) is 29.5 Å². The predicted octanol–water partition coefficient (Wildman–Crippen LogP) is 0.955. The molecule has 25 heavy (non-hydrogen) atoms. The van der Waals surface area contributed by atoms with Crippen molar-refractivity contribution in [1.82, 2.24) is 15.1 Å². The lowest BCUT2D eigenvalue weighted by Crippen LogP contribution is -2.49. The van der Waals surface area contributed by atoms with Crippen LogP contribution in [0.5, 0.6) is 11.5 Å². The molecule has 7 heteroatoms. The molecule has 0 saturated carbocycles. The van der Waals surface area contributed by atoms with Crippen LogP contribution in [0.25, 0.3) is 6.08 Å². The Hall–Kier alpha value is -2.54. The molecule has 0 aromatic heterocycles. The van der Waals surface area contributed by atoms with E-state index >= 15 is 0 Å². The Kier molecular flexibility index (Phi) is 6.41. The molecule has 7 nitrogen and oxygen atoms in total. The average molecular weight is 347 g/mol. The number of rotatable bonds is 5. The zero-order valence-corrected chi connectivity index (χ0v) is 15.2. The second-order valence-corrected chi connectivity index (χ2v) is 5.95. The maximum Gasteiger partial charge on any atom is 0.270 e. The van der Waals surface area contributed by atoms with E-state index in [2.05, 4.69) is 10.2 Å². The molecular formula is C18H25N3O4. The lowest BCUT2D eigenvalue weighted by Gasteiger charge is -2.32. The van der Waals surface area contributed by atoms with Crippen LogP contribution in [0.3, 0.4) is 0 Å². The van der Waals surface area contributed by atoms with Gasteiger partial charge < -0.3 is 24.6 Å². The number of nitrogens with zero attached hydrogens (tertiary/aromatic N) is 2. The number of carbonyl (C=O) groups excluding carboxylic acids is 2. The van der Waals surface area contributed by atoms with Crippen molar-refractivity contribution in [2.45, 2.75) is 6.92 Å². The molecule has 0 aliphatic carbocycles. The number of ether oxygens (including phenoxy) is 2. The van der Waals surface area contributed by atoms with E-state index < -0.39 is 0 Å². The van der Waals surface area contributed by atoms with Crippen molar-refractivity contribution >= 4 is 17.9 Å². The van der Waals surface area contributed by atoms with Gasteiger partial charge in [0.2, 0.25) is 5.91 Å². The second kappa shape index (κ2) is 8.53. The number of likely N-dealkylation sites (N-methyl/N-ethyl adjacent to an activating group) is 1. The van der Waals surface area contributed by atoms with Crippen LogP contribution in [-0.2, 0) is 9.59 Å². The molecule has 0 radical (unpaired) electrons. The van der Waals surface area contributed by atoms with Crippen LogP contribution in [0.15, 0.2) is 23.9 Å². The summed E-state index contributed by atoms with van der Waals surface area (Å²) in [5, 5.41) is 2.65. The SMILES string of the molecule is COc1ccc(C=C(NC(C)=O)C(=O)N2CCN(C)CC2)cc1OC. The van der Waals surface area contributed by atoms with E-state index in [1.165, 1.54) is 6.92 Å². The number of methoxy groups -OCH3 is 2. The summed E-state index contributed by atoms with van der Waals surface area (Å²) in [6.45, 7) is 4.29. The maximum absolute atomic E-state index is 12.8. The monoisotopic (exact) mass is 347 g/mol. The second-order valence-electron chi connectivity index (χ2n) is 5.95. The first-order valence-electron chi connectivity index (χ1n) is 8.13. The summed E-state index contributed by atoms with van der Waals surface area (Å²) in [4.78, 5) is 28.2. The molecule has 0 spiro atoms. The molecule has 1 fully saturated rings. The lowest BCUT2D eigenvalue weighted by atomic mass is 10.1. The number of hydrogen-bond donors (Lipinski definition) is 1. The number of hydrogen-bond acceptors (Lipinski definition) is 5. The summed E-state index contributed by atoms with van der Waals surface area (Å²) >= 11 is 0. The third-order valence-corrected chi connectivity index (χ3v) is 4.05. The Balaban J connectivity index is 2.28. The number of nitrogens with one attached hydrogen (secondary N) is 1. The molecule has 1 aromatic rings. The Labute approximate surface area is 148 Å². The molecule has 1 saturated heterocycles. The Morgan fingerprint density at radius 2 is 1.72 bits per heavy atom. The summed E-state index contributed by atoms with van der Waals surface area (Å²) in [5.74, 6) is 0.698. The van der Waals surface area contributed by atoms with Crippen LogP contribution in [0, 0.1) is 0 Å². The van der Waals surface area contributed by atoms with Gasteiger partial charge in [-0.15, -0.1) is 0 Å². The third kappa shape index (κ3) is 4.96. The van der Waals surface area contributed by atoms with Gasteiger partial charge in [0.05, 0.1) is 14.2 Å². The Morgan fingerprint density at radius 1 is 1.08 bits per heavy atom. The highest BCUT2D eigenvalue weighted by molar-refractivity contribution is 6.01. The minimum absolute atomic E-state index is 0.182. The van der Waals surface area contributed by atoms with Crippen LogP contribution in [0.1, 0.15) is 12.5 Å². The van der Waals surface area contributed by atoms with Gasteiger partial charge in [-0.2, -0.15) is 0 Å². The summed E-state index contributed by atoms with van der Waals surface area (Å²) in [5.41, 5.74) is 0.994. The molecule has 1 N–H and O–H groups in total. The lowest BCUT2D eigenvalue weighted by molar-refractivity contribution is -0.130. The zero-order chi connectivity index (χ0) is 18.4. The molecule has 0 atom stereocenters. The minimum atomic E-state index is -0.283. The maximum atomic E-state index is 12.8. The molecule has 1 aromatic carbocycles. The molecule has 0 bridgehead atoms. The largest absolute Gasteiger partial charge is 0.493 e. The minimum Gasteiger partial charge on any atom is -0.493 e. The fourth-order valence-corrected chi connectivity index (χ4v) is 2.63. The number of amides is 2. The van der Waals surface area contributed by atoms with E-state index in [0.717, 1.165) is 18.7 Å². The number of benzene rings is 1. The fraction of sp³-hybridized carbons (Fsp3) is 0.444. The standard InChI is InChI=1S/C18H25N3O4/c1-13(22)19-15(18(23)21-9-7-20(2)8-10-21)11-14-5-6-16(24-3)17(12-14)25-4/h5-6,11-12H,7-10H2,1-4H3,(H,19,22). The van der Waals surface area contributed by atoms with Crippen LogP contribution in [0.2, 0.25) is 0 Å². The molecular weight excluding hydrogens is 322 g/mol. The Bertz CT molecular complexity index is 664. The van der Waals surface area contributed by atoms with Crippen molar-refractivity contribution in [3.63, 3.8) is 0 Å². The summed E-state index contributed by atoms with van der Waals surface area (Å²) < 4.78 is 10.5. The topological polar surface area (TPSA) is 71.1 Å². The van der Waals surface area contributed by atoms with Crippen LogP contribution in [-0.4, -0.2) is 69.1 Å². The zero-order valence-electron chi connectivity index (χ0n) is 15.2. The van der Waals surface area contributed by atoms with E-state index in [1.54, 1.807) is 43.4 Å². The highest BCUT2D eigenvalue weighted by Gasteiger charge is 2.23. The van der Waals surface area contributed by atoms with E-state index in [1.807, 2.05) is 7.05 Å². The van der Waals surface area contributed by atoms with Crippen molar-refractivity contribution in [2.75, 3.05) is 47.4 Å². The number of piperazine rings is 1. The molecule has 1 heterocycles. The van der Waals surface area contributed by atoms with Crippen molar-refractivity contribution in [3.8, 4) is 11.5 Å². The van der Waals surface area contributed by atoms with Gasteiger partial charge in [0.25, 0.3) is 5.91 Å². The van der Waals surface area contributed by atoms with Crippen molar-refractivity contribution < 1.29 is 19.1 Å². The molecule has 1 aliphatic heterocycles. The van der Waals surface area contributed by atoms with Crippen molar-refractivity contribution in [2.24, 2.45) is 0 Å². The van der Waals surface area contributed by atoms with Crippen molar-refractivity contribution in [1.29, 1.82) is 0 Å². The first-order valence-corrected chi connectivity index (χ1v) is 8.13. The summed E-state index contributed by atoms with van der Waals surface area (Å²) in [6, 6.07) is 5.33. The Morgan fingerprint density at radius 3 is 2.28 bits per heavy atom. The van der Waals surface area contributed by atoms with Gasteiger partial charge in [0, 0.05) is 33.1 Å². The highest BCUT2D eigenvalue weighted by atomic mass is 16.5. The summed E-state index contributed by atoms with van der Waals surface area (Å²) in [7, 11) is 5.14. The number of carbonyl (C=O) groups is 2. The fourth-order valence-electron chi connectivity index (χ4n) is 2.63. The highest BCUT2D eigenvalue weighted by Crippen LogP contribution is 2.28. The van der Waals surface area contributed by atoms with E-state index in [0.29, 0.717) is 24.6 Å². The predicted molar refractivity (Wildman–Crippen MR) is 95.4 cm³/mol. The van der Waals surface area contributed by atoms with E-state index in [4.69, 9.17) is 9.47 Å². The average Bonchev–Trinajstić information content (AvgIpc) is 2.60. The molecule has 1 aliphatic rings. The third-order valence-electron chi connectivity index (χ3n) is 4.05. The van der Waals surface area contributed by atoms with Gasteiger partial charge in [-0.3, -0.25) is 9.59 Å². The van der Waals surface area contributed by atoms with Gasteiger partial charge in [0.15, 0.2) is 11.5 Å². The first-order chi connectivity index (χ1) is 11.9. The first kappa shape index (κ1) is 18.8. The van der Waals surface area contributed by atoms with Crippen LogP contribution in [0.4, 0.5) is 0 Å².